The van der Waals surface area contributed by atoms with Crippen LogP contribution in [0.25, 0.3) is 0 Å². The van der Waals surface area contributed by atoms with Crippen LogP contribution in [0.3, 0.4) is 0 Å². The number of hydrogen-bond acceptors (Lipinski definition) is 4. The third kappa shape index (κ3) is 2.68. The highest BCUT2D eigenvalue weighted by Crippen LogP contribution is 2.24. The number of anilines is 1. The number of rotatable bonds is 3. The Hall–Kier alpha value is -2.08. The maximum absolute atomic E-state index is 11.8. The van der Waals surface area contributed by atoms with Gasteiger partial charge >= 0.3 is 0 Å². The normalized spacial score (nSPS) is 15.1. The molecule has 1 heterocycles. The van der Waals surface area contributed by atoms with E-state index >= 15 is 0 Å². The van der Waals surface area contributed by atoms with E-state index in [4.69, 9.17) is 5.73 Å². The molecule has 1 saturated heterocycles. The first-order chi connectivity index (χ1) is 9.15. The zero-order chi connectivity index (χ0) is 13.8. The standard InChI is InChI=1S/C13H18N4O2/c1-15-13(19)9-3-2-4-10(11(9)12(14)18)17-7-5-16-6-8-17/h2-4,16H,5-8H2,1H3,(H2,14,18)(H,15,19). The van der Waals surface area contributed by atoms with Crippen molar-refractivity contribution in [2.24, 2.45) is 5.73 Å². The van der Waals surface area contributed by atoms with Crippen molar-refractivity contribution in [3.8, 4) is 0 Å². The first-order valence-electron chi connectivity index (χ1n) is 6.25. The molecule has 1 aliphatic heterocycles. The van der Waals surface area contributed by atoms with Crippen LogP contribution >= 0.6 is 0 Å². The number of hydrogen-bond donors (Lipinski definition) is 3. The number of piperazine rings is 1. The molecule has 1 fully saturated rings. The van der Waals surface area contributed by atoms with Gasteiger partial charge in [-0.3, -0.25) is 9.59 Å². The molecular weight excluding hydrogens is 244 g/mol. The summed E-state index contributed by atoms with van der Waals surface area (Å²) in [6.45, 7) is 3.28. The molecule has 0 atom stereocenters. The van der Waals surface area contributed by atoms with E-state index in [0.717, 1.165) is 31.9 Å². The molecule has 1 aromatic carbocycles. The van der Waals surface area contributed by atoms with Gasteiger partial charge in [0.1, 0.15) is 0 Å². The summed E-state index contributed by atoms with van der Waals surface area (Å²) in [7, 11) is 1.53. The molecule has 2 rings (SSSR count). The maximum Gasteiger partial charge on any atom is 0.251 e. The smallest absolute Gasteiger partial charge is 0.251 e. The summed E-state index contributed by atoms with van der Waals surface area (Å²) in [4.78, 5) is 25.6. The third-order valence-electron chi connectivity index (χ3n) is 3.22. The van der Waals surface area contributed by atoms with Crippen molar-refractivity contribution >= 4 is 17.5 Å². The zero-order valence-electron chi connectivity index (χ0n) is 10.9. The van der Waals surface area contributed by atoms with E-state index in [1.165, 1.54) is 7.05 Å². The van der Waals surface area contributed by atoms with E-state index < -0.39 is 5.91 Å². The number of amides is 2. The van der Waals surface area contributed by atoms with Gasteiger partial charge in [-0.1, -0.05) is 6.07 Å². The summed E-state index contributed by atoms with van der Waals surface area (Å²) in [5, 5.41) is 5.77. The first kappa shape index (κ1) is 13.4. The number of carbonyl (C=O) groups is 2. The van der Waals surface area contributed by atoms with Crippen molar-refractivity contribution < 1.29 is 9.59 Å². The molecule has 0 aliphatic carbocycles. The number of primary amides is 1. The Morgan fingerprint density at radius 3 is 2.58 bits per heavy atom. The molecule has 19 heavy (non-hydrogen) atoms. The lowest BCUT2D eigenvalue weighted by atomic mass is 10.0. The lowest BCUT2D eigenvalue weighted by Crippen LogP contribution is -2.44. The van der Waals surface area contributed by atoms with Crippen LogP contribution in [0, 0.1) is 0 Å². The largest absolute Gasteiger partial charge is 0.368 e. The van der Waals surface area contributed by atoms with E-state index in [1.807, 2.05) is 6.07 Å². The summed E-state index contributed by atoms with van der Waals surface area (Å²) < 4.78 is 0. The van der Waals surface area contributed by atoms with Crippen molar-refractivity contribution in [3.05, 3.63) is 29.3 Å². The van der Waals surface area contributed by atoms with Gasteiger partial charge in [0, 0.05) is 33.2 Å². The summed E-state index contributed by atoms with van der Waals surface area (Å²) >= 11 is 0. The topological polar surface area (TPSA) is 87.5 Å². The quantitative estimate of drug-likeness (QED) is 0.689. The Labute approximate surface area is 112 Å². The molecule has 0 aromatic heterocycles. The van der Waals surface area contributed by atoms with Crippen LogP contribution in [0.2, 0.25) is 0 Å². The fourth-order valence-electron chi connectivity index (χ4n) is 2.29. The Balaban J connectivity index is 2.47. The number of nitrogens with two attached hydrogens (primary N) is 1. The van der Waals surface area contributed by atoms with Gasteiger partial charge in [-0.05, 0) is 12.1 Å². The number of nitrogens with zero attached hydrogens (tertiary/aromatic N) is 1. The summed E-state index contributed by atoms with van der Waals surface area (Å²) in [6, 6.07) is 5.22. The summed E-state index contributed by atoms with van der Waals surface area (Å²) in [5.41, 5.74) is 6.81. The van der Waals surface area contributed by atoms with Gasteiger partial charge in [-0.2, -0.15) is 0 Å². The second-order valence-corrected chi connectivity index (χ2v) is 4.38. The van der Waals surface area contributed by atoms with Crippen LogP contribution < -0.4 is 21.3 Å². The van der Waals surface area contributed by atoms with E-state index in [-0.39, 0.29) is 5.91 Å². The van der Waals surface area contributed by atoms with Crippen LogP contribution in [0.5, 0.6) is 0 Å². The van der Waals surface area contributed by atoms with Gasteiger partial charge in [0.15, 0.2) is 0 Å². The molecule has 6 heteroatoms. The zero-order valence-corrected chi connectivity index (χ0v) is 10.9. The lowest BCUT2D eigenvalue weighted by molar-refractivity contribution is 0.0943. The maximum atomic E-state index is 11.8. The van der Waals surface area contributed by atoms with E-state index in [1.54, 1.807) is 12.1 Å². The molecule has 2 amide bonds. The van der Waals surface area contributed by atoms with Gasteiger partial charge in [0.2, 0.25) is 0 Å². The van der Waals surface area contributed by atoms with Gasteiger partial charge in [-0.15, -0.1) is 0 Å². The van der Waals surface area contributed by atoms with Crippen LogP contribution in [-0.2, 0) is 0 Å². The molecule has 1 aromatic rings. The Kier molecular flexibility index (Phi) is 4.01. The van der Waals surface area contributed by atoms with Gasteiger partial charge in [0.25, 0.3) is 11.8 Å². The molecule has 6 nitrogen and oxygen atoms in total. The van der Waals surface area contributed by atoms with Crippen molar-refractivity contribution in [2.75, 3.05) is 38.1 Å². The van der Waals surface area contributed by atoms with Crippen molar-refractivity contribution in [1.82, 2.24) is 10.6 Å². The first-order valence-corrected chi connectivity index (χ1v) is 6.25. The van der Waals surface area contributed by atoms with Crippen molar-refractivity contribution in [1.29, 1.82) is 0 Å². The van der Waals surface area contributed by atoms with Gasteiger partial charge in [0.05, 0.1) is 16.8 Å². The predicted molar refractivity (Wildman–Crippen MR) is 73.4 cm³/mol. The second kappa shape index (κ2) is 5.71. The second-order valence-electron chi connectivity index (χ2n) is 4.38. The molecule has 0 bridgehead atoms. The van der Waals surface area contributed by atoms with Crippen molar-refractivity contribution in [2.45, 2.75) is 0 Å². The summed E-state index contributed by atoms with van der Waals surface area (Å²) in [5.74, 6) is -0.876. The van der Waals surface area contributed by atoms with Crippen LogP contribution in [0.15, 0.2) is 18.2 Å². The number of nitrogens with one attached hydrogen (secondary N) is 2. The van der Waals surface area contributed by atoms with E-state index in [9.17, 15) is 9.59 Å². The average Bonchev–Trinajstić information content (AvgIpc) is 2.46. The lowest BCUT2D eigenvalue weighted by Gasteiger charge is -2.31. The van der Waals surface area contributed by atoms with E-state index in [2.05, 4.69) is 15.5 Å². The van der Waals surface area contributed by atoms with Crippen LogP contribution in [0.1, 0.15) is 20.7 Å². The Morgan fingerprint density at radius 1 is 1.32 bits per heavy atom. The van der Waals surface area contributed by atoms with Crippen molar-refractivity contribution in [3.63, 3.8) is 0 Å². The molecule has 4 N–H and O–H groups in total. The van der Waals surface area contributed by atoms with Gasteiger partial charge in [-0.25, -0.2) is 0 Å². The third-order valence-corrected chi connectivity index (χ3v) is 3.22. The minimum atomic E-state index is -0.576. The number of benzene rings is 1. The summed E-state index contributed by atoms with van der Waals surface area (Å²) in [6.07, 6.45) is 0. The van der Waals surface area contributed by atoms with E-state index in [0.29, 0.717) is 11.1 Å². The Bertz CT molecular complexity index is 495. The predicted octanol–water partition coefficient (Wildman–Crippen LogP) is -0.445. The molecular formula is C13H18N4O2. The molecule has 102 valence electrons. The molecule has 1 aliphatic rings. The van der Waals surface area contributed by atoms with Crippen LogP contribution in [0.4, 0.5) is 5.69 Å². The fourth-order valence-corrected chi connectivity index (χ4v) is 2.29. The van der Waals surface area contributed by atoms with Crippen LogP contribution in [-0.4, -0.2) is 45.0 Å². The molecule has 0 radical (unpaired) electrons. The average molecular weight is 262 g/mol. The minimum Gasteiger partial charge on any atom is -0.368 e. The highest BCUT2D eigenvalue weighted by atomic mass is 16.2. The minimum absolute atomic E-state index is 0.295. The number of carbonyl (C=O) groups excluding carboxylic acids is 2. The highest BCUT2D eigenvalue weighted by molar-refractivity contribution is 6.10. The fraction of sp³-hybridized carbons (Fsp3) is 0.385. The van der Waals surface area contributed by atoms with Gasteiger partial charge < -0.3 is 21.3 Å². The molecule has 0 unspecified atom stereocenters. The molecule has 0 saturated carbocycles. The SMILES string of the molecule is CNC(=O)c1cccc(N2CCNCC2)c1C(N)=O. The monoisotopic (exact) mass is 262 g/mol. The molecule has 0 spiro atoms. The highest BCUT2D eigenvalue weighted by Gasteiger charge is 2.22. The Morgan fingerprint density at radius 2 is 2.00 bits per heavy atom.